The second kappa shape index (κ2) is 4.63. The fourth-order valence-corrected chi connectivity index (χ4v) is 3.50. The van der Waals surface area contributed by atoms with Crippen LogP contribution in [0.1, 0.15) is 24.4 Å². The molecule has 1 saturated heterocycles. The standard InChI is InChI=1S/C10H12BrNO2S/c11-8-6-15-5-7(8)9(10(13)14)12-3-1-2-4-12/h5-6,9H,1-4H2,(H,13,14). The van der Waals surface area contributed by atoms with Crippen molar-refractivity contribution in [2.24, 2.45) is 0 Å². The molecule has 15 heavy (non-hydrogen) atoms. The lowest BCUT2D eigenvalue weighted by Crippen LogP contribution is -2.31. The summed E-state index contributed by atoms with van der Waals surface area (Å²) in [6, 6.07) is -0.479. The van der Waals surface area contributed by atoms with E-state index in [-0.39, 0.29) is 0 Å². The molecule has 3 nitrogen and oxygen atoms in total. The Morgan fingerprint density at radius 1 is 1.47 bits per heavy atom. The van der Waals surface area contributed by atoms with Gasteiger partial charge in [0.05, 0.1) is 0 Å². The number of hydrogen-bond donors (Lipinski definition) is 1. The van der Waals surface area contributed by atoms with E-state index in [1.807, 2.05) is 15.7 Å². The minimum atomic E-state index is -0.754. The van der Waals surface area contributed by atoms with Gasteiger partial charge in [0.2, 0.25) is 0 Å². The topological polar surface area (TPSA) is 40.5 Å². The Labute approximate surface area is 101 Å². The summed E-state index contributed by atoms with van der Waals surface area (Å²) < 4.78 is 0.909. The van der Waals surface area contributed by atoms with Crippen molar-refractivity contribution in [3.63, 3.8) is 0 Å². The van der Waals surface area contributed by atoms with Crippen molar-refractivity contribution in [3.8, 4) is 0 Å². The van der Waals surface area contributed by atoms with Crippen molar-refractivity contribution in [1.29, 1.82) is 0 Å². The van der Waals surface area contributed by atoms with Crippen molar-refractivity contribution in [1.82, 2.24) is 4.90 Å². The smallest absolute Gasteiger partial charge is 0.325 e. The second-order valence-corrected chi connectivity index (χ2v) is 5.26. The van der Waals surface area contributed by atoms with Crippen molar-refractivity contribution < 1.29 is 9.90 Å². The fraction of sp³-hybridized carbons (Fsp3) is 0.500. The highest BCUT2D eigenvalue weighted by Crippen LogP contribution is 2.33. The highest BCUT2D eigenvalue weighted by molar-refractivity contribution is 9.10. The number of carboxylic acids is 1. The zero-order valence-electron chi connectivity index (χ0n) is 8.15. The molecular weight excluding hydrogens is 278 g/mol. The molecule has 2 heterocycles. The molecule has 2 rings (SSSR count). The number of nitrogens with zero attached hydrogens (tertiary/aromatic N) is 1. The minimum absolute atomic E-state index is 0.479. The predicted octanol–water partition coefficient (Wildman–Crippen LogP) is 2.73. The lowest BCUT2D eigenvalue weighted by atomic mass is 10.1. The number of carboxylic acid groups (broad SMARTS) is 1. The third kappa shape index (κ3) is 2.24. The molecule has 0 spiro atoms. The van der Waals surface area contributed by atoms with Crippen LogP contribution in [0.3, 0.4) is 0 Å². The number of thiophene rings is 1. The first-order valence-corrected chi connectivity index (χ1v) is 6.62. The van der Waals surface area contributed by atoms with Gasteiger partial charge in [-0.05, 0) is 47.2 Å². The molecule has 1 N–H and O–H groups in total. The maximum atomic E-state index is 11.3. The third-order valence-corrected chi connectivity index (χ3v) is 4.43. The van der Waals surface area contributed by atoms with Crippen molar-refractivity contribution in [3.05, 3.63) is 20.8 Å². The van der Waals surface area contributed by atoms with E-state index in [0.29, 0.717) is 0 Å². The number of rotatable bonds is 3. The summed E-state index contributed by atoms with van der Waals surface area (Å²) >= 11 is 4.94. The first-order valence-electron chi connectivity index (χ1n) is 4.88. The van der Waals surface area contributed by atoms with E-state index in [1.54, 1.807) is 0 Å². The quantitative estimate of drug-likeness (QED) is 0.930. The molecule has 1 unspecified atom stereocenters. The first kappa shape index (κ1) is 11.1. The Balaban J connectivity index is 2.27. The maximum absolute atomic E-state index is 11.3. The Kier molecular flexibility index (Phi) is 3.43. The number of halogens is 1. The van der Waals surface area contributed by atoms with E-state index in [2.05, 4.69) is 15.9 Å². The zero-order valence-corrected chi connectivity index (χ0v) is 10.6. The second-order valence-electron chi connectivity index (χ2n) is 3.66. The number of likely N-dealkylation sites (tertiary alicyclic amines) is 1. The Bertz CT molecular complexity index is 360. The van der Waals surface area contributed by atoms with E-state index < -0.39 is 12.0 Å². The summed E-state index contributed by atoms with van der Waals surface area (Å²) in [6.45, 7) is 1.78. The summed E-state index contributed by atoms with van der Waals surface area (Å²) in [5.41, 5.74) is 0.884. The average molecular weight is 290 g/mol. The van der Waals surface area contributed by atoms with Gasteiger partial charge in [-0.2, -0.15) is 11.3 Å². The van der Waals surface area contributed by atoms with Gasteiger partial charge in [-0.1, -0.05) is 0 Å². The zero-order chi connectivity index (χ0) is 10.8. The Hall–Kier alpha value is -0.390. The summed E-state index contributed by atoms with van der Waals surface area (Å²) in [6.07, 6.45) is 2.21. The third-order valence-electron chi connectivity index (χ3n) is 2.68. The van der Waals surface area contributed by atoms with Crippen LogP contribution in [-0.4, -0.2) is 29.1 Å². The largest absolute Gasteiger partial charge is 0.480 e. The molecule has 1 fully saturated rings. The minimum Gasteiger partial charge on any atom is -0.480 e. The van der Waals surface area contributed by atoms with Crippen LogP contribution < -0.4 is 0 Å². The first-order chi connectivity index (χ1) is 7.20. The van der Waals surface area contributed by atoms with Crippen LogP contribution in [0.5, 0.6) is 0 Å². The molecule has 0 aliphatic carbocycles. The molecule has 0 aromatic carbocycles. The van der Waals surface area contributed by atoms with Crippen molar-refractivity contribution >= 4 is 33.2 Å². The molecule has 0 bridgehead atoms. The fourth-order valence-electron chi connectivity index (χ4n) is 1.97. The number of carbonyl (C=O) groups is 1. The van der Waals surface area contributed by atoms with Crippen LogP contribution in [0, 0.1) is 0 Å². The van der Waals surface area contributed by atoms with Crippen LogP contribution in [0.15, 0.2) is 15.2 Å². The molecule has 82 valence electrons. The van der Waals surface area contributed by atoms with Crippen LogP contribution in [0.2, 0.25) is 0 Å². The lowest BCUT2D eigenvalue weighted by Gasteiger charge is -2.23. The molecule has 1 aliphatic rings. The van der Waals surface area contributed by atoms with E-state index in [4.69, 9.17) is 0 Å². The Morgan fingerprint density at radius 3 is 2.60 bits per heavy atom. The van der Waals surface area contributed by atoms with Crippen LogP contribution in [-0.2, 0) is 4.79 Å². The molecule has 1 aromatic rings. The van der Waals surface area contributed by atoms with E-state index in [9.17, 15) is 9.90 Å². The van der Waals surface area contributed by atoms with Gasteiger partial charge in [-0.15, -0.1) is 0 Å². The molecule has 0 radical (unpaired) electrons. The van der Waals surface area contributed by atoms with E-state index in [0.717, 1.165) is 36.0 Å². The molecule has 0 amide bonds. The predicted molar refractivity (Wildman–Crippen MR) is 63.2 cm³/mol. The van der Waals surface area contributed by atoms with Crippen LogP contribution >= 0.6 is 27.3 Å². The summed E-state index contributed by atoms with van der Waals surface area (Å²) in [4.78, 5) is 13.3. The van der Waals surface area contributed by atoms with Gasteiger partial charge in [-0.3, -0.25) is 9.69 Å². The molecule has 1 aromatic heterocycles. The van der Waals surface area contributed by atoms with Gasteiger partial charge in [0.1, 0.15) is 6.04 Å². The lowest BCUT2D eigenvalue weighted by molar-refractivity contribution is -0.143. The van der Waals surface area contributed by atoms with Crippen molar-refractivity contribution in [2.75, 3.05) is 13.1 Å². The molecule has 0 saturated carbocycles. The summed E-state index contributed by atoms with van der Waals surface area (Å²) in [5.74, 6) is -0.754. The van der Waals surface area contributed by atoms with Gasteiger partial charge in [0.15, 0.2) is 0 Å². The molecule has 5 heteroatoms. The SMILES string of the molecule is O=C(O)C(c1cscc1Br)N1CCCC1. The number of hydrogen-bond acceptors (Lipinski definition) is 3. The maximum Gasteiger partial charge on any atom is 0.325 e. The van der Waals surface area contributed by atoms with Gasteiger partial charge in [0, 0.05) is 15.4 Å². The van der Waals surface area contributed by atoms with Gasteiger partial charge in [-0.25, -0.2) is 0 Å². The highest BCUT2D eigenvalue weighted by atomic mass is 79.9. The Morgan fingerprint density at radius 2 is 2.13 bits per heavy atom. The van der Waals surface area contributed by atoms with Crippen LogP contribution in [0.25, 0.3) is 0 Å². The van der Waals surface area contributed by atoms with Crippen molar-refractivity contribution in [2.45, 2.75) is 18.9 Å². The molecule has 1 aliphatic heterocycles. The van der Waals surface area contributed by atoms with Gasteiger partial charge >= 0.3 is 5.97 Å². The van der Waals surface area contributed by atoms with Gasteiger partial charge in [0.25, 0.3) is 0 Å². The average Bonchev–Trinajstić information content (AvgIpc) is 2.79. The highest BCUT2D eigenvalue weighted by Gasteiger charge is 2.31. The normalized spacial score (nSPS) is 19.3. The van der Waals surface area contributed by atoms with E-state index >= 15 is 0 Å². The summed E-state index contributed by atoms with van der Waals surface area (Å²) in [7, 11) is 0. The molecular formula is C10H12BrNO2S. The van der Waals surface area contributed by atoms with Crippen LogP contribution in [0.4, 0.5) is 0 Å². The molecule has 1 atom stereocenters. The van der Waals surface area contributed by atoms with Gasteiger partial charge < -0.3 is 5.11 Å². The monoisotopic (exact) mass is 289 g/mol. The van der Waals surface area contributed by atoms with E-state index in [1.165, 1.54) is 11.3 Å². The number of aliphatic carboxylic acids is 1. The summed E-state index contributed by atoms with van der Waals surface area (Å²) in [5, 5.41) is 13.1.